The molecule has 0 bridgehead atoms. The van der Waals surface area contributed by atoms with Gasteiger partial charge in [0.15, 0.2) is 0 Å². The van der Waals surface area contributed by atoms with Gasteiger partial charge in [-0.3, -0.25) is 9.78 Å². The summed E-state index contributed by atoms with van der Waals surface area (Å²) in [5.41, 5.74) is 0.513. The Labute approximate surface area is 184 Å². The SMILES string of the molecule is CCN1CCC(NC(=O)c2ccccc2Nc2ccnc3c(C(F)(F)F)cccc23)CC1. The number of carbonyl (C=O) groups is 1. The molecular weight excluding hydrogens is 417 g/mol. The van der Waals surface area contributed by atoms with Crippen LogP contribution in [0.5, 0.6) is 0 Å². The number of piperidine rings is 1. The van der Waals surface area contributed by atoms with Gasteiger partial charge in [-0.25, -0.2) is 0 Å². The Hall–Kier alpha value is -3.13. The Morgan fingerprint density at radius 2 is 1.81 bits per heavy atom. The van der Waals surface area contributed by atoms with Gasteiger partial charge in [0, 0.05) is 36.4 Å². The number of carbonyl (C=O) groups excluding carboxylic acids is 1. The molecule has 168 valence electrons. The van der Waals surface area contributed by atoms with E-state index in [1.165, 1.54) is 12.3 Å². The molecule has 0 aliphatic carbocycles. The Morgan fingerprint density at radius 3 is 2.53 bits per heavy atom. The van der Waals surface area contributed by atoms with Crippen molar-refractivity contribution in [2.75, 3.05) is 25.0 Å². The number of aromatic nitrogens is 1. The molecule has 8 heteroatoms. The number of rotatable bonds is 5. The number of pyridine rings is 1. The second kappa shape index (κ2) is 9.16. The van der Waals surface area contributed by atoms with E-state index in [1.807, 2.05) is 0 Å². The number of likely N-dealkylation sites (tertiary alicyclic amines) is 1. The fourth-order valence-corrected chi connectivity index (χ4v) is 4.11. The van der Waals surface area contributed by atoms with E-state index >= 15 is 0 Å². The Morgan fingerprint density at radius 1 is 1.06 bits per heavy atom. The standard InChI is InChI=1S/C24H25F3N4O/c1-2-31-14-11-16(12-15-31)29-23(32)18-6-3-4-9-20(18)30-21-10-13-28-22-17(21)7-5-8-19(22)24(25,26)27/h3-10,13,16H,2,11-12,14-15H2,1H3,(H,28,30)(H,29,32). The minimum absolute atomic E-state index is 0.106. The lowest BCUT2D eigenvalue weighted by atomic mass is 10.0. The number of fused-ring (bicyclic) bond motifs is 1. The molecule has 2 heterocycles. The molecule has 1 aliphatic heterocycles. The van der Waals surface area contributed by atoms with Crippen LogP contribution in [-0.4, -0.2) is 41.5 Å². The first kappa shape index (κ1) is 22.1. The fraction of sp³-hybridized carbons (Fsp3) is 0.333. The lowest BCUT2D eigenvalue weighted by Gasteiger charge is -2.31. The monoisotopic (exact) mass is 442 g/mol. The Balaban J connectivity index is 1.59. The van der Waals surface area contributed by atoms with Gasteiger partial charge in [0.2, 0.25) is 0 Å². The highest BCUT2D eigenvalue weighted by molar-refractivity contribution is 6.02. The number of amides is 1. The maximum Gasteiger partial charge on any atom is 0.418 e. The van der Waals surface area contributed by atoms with Crippen molar-refractivity contribution in [2.24, 2.45) is 0 Å². The zero-order valence-corrected chi connectivity index (χ0v) is 17.7. The zero-order valence-electron chi connectivity index (χ0n) is 17.7. The minimum Gasteiger partial charge on any atom is -0.354 e. The molecule has 1 amide bonds. The van der Waals surface area contributed by atoms with Crippen molar-refractivity contribution < 1.29 is 18.0 Å². The van der Waals surface area contributed by atoms with Crippen molar-refractivity contribution in [3.05, 3.63) is 65.9 Å². The molecule has 0 saturated carbocycles. The number of alkyl halides is 3. The summed E-state index contributed by atoms with van der Waals surface area (Å²) in [7, 11) is 0. The molecule has 1 aliphatic rings. The van der Waals surface area contributed by atoms with Gasteiger partial charge in [0.25, 0.3) is 5.91 Å². The summed E-state index contributed by atoms with van der Waals surface area (Å²) in [5.74, 6) is -0.197. The third-order valence-corrected chi connectivity index (χ3v) is 5.89. The second-order valence-corrected chi connectivity index (χ2v) is 7.91. The highest BCUT2D eigenvalue weighted by Gasteiger charge is 2.33. The van der Waals surface area contributed by atoms with Gasteiger partial charge < -0.3 is 15.5 Å². The molecule has 0 atom stereocenters. The van der Waals surface area contributed by atoms with Crippen molar-refractivity contribution in [1.82, 2.24) is 15.2 Å². The highest BCUT2D eigenvalue weighted by Crippen LogP contribution is 2.36. The molecule has 1 saturated heterocycles. The molecule has 5 nitrogen and oxygen atoms in total. The summed E-state index contributed by atoms with van der Waals surface area (Å²) in [6.45, 7) is 5.03. The third-order valence-electron chi connectivity index (χ3n) is 5.89. The number of benzene rings is 2. The van der Waals surface area contributed by atoms with Crippen LogP contribution in [0, 0.1) is 0 Å². The van der Waals surface area contributed by atoms with Crippen LogP contribution in [0.2, 0.25) is 0 Å². The quantitative estimate of drug-likeness (QED) is 0.570. The van der Waals surface area contributed by atoms with Crippen LogP contribution in [0.1, 0.15) is 35.7 Å². The van der Waals surface area contributed by atoms with Gasteiger partial charge in [-0.1, -0.05) is 31.2 Å². The third kappa shape index (κ3) is 4.70. The van der Waals surface area contributed by atoms with Crippen molar-refractivity contribution >= 4 is 28.2 Å². The summed E-state index contributed by atoms with van der Waals surface area (Å²) in [6, 6.07) is 12.7. The van der Waals surface area contributed by atoms with Crippen LogP contribution in [0.25, 0.3) is 10.9 Å². The fourth-order valence-electron chi connectivity index (χ4n) is 4.11. The first-order chi connectivity index (χ1) is 15.4. The van der Waals surface area contributed by atoms with E-state index in [4.69, 9.17) is 0 Å². The minimum atomic E-state index is -4.50. The summed E-state index contributed by atoms with van der Waals surface area (Å²) in [5, 5.41) is 6.60. The van der Waals surface area contributed by atoms with Crippen LogP contribution in [0.4, 0.5) is 24.5 Å². The molecule has 0 radical (unpaired) electrons. The van der Waals surface area contributed by atoms with Gasteiger partial charge >= 0.3 is 6.18 Å². The van der Waals surface area contributed by atoms with Gasteiger partial charge in [0.05, 0.1) is 22.3 Å². The molecule has 3 aromatic rings. The zero-order chi connectivity index (χ0) is 22.7. The van der Waals surface area contributed by atoms with Gasteiger partial charge in [-0.2, -0.15) is 13.2 Å². The molecular formula is C24H25F3N4O. The molecule has 1 fully saturated rings. The van der Waals surface area contributed by atoms with E-state index < -0.39 is 11.7 Å². The first-order valence-corrected chi connectivity index (χ1v) is 10.7. The van der Waals surface area contributed by atoms with Crippen LogP contribution >= 0.6 is 0 Å². The van der Waals surface area contributed by atoms with Crippen LogP contribution in [0.3, 0.4) is 0 Å². The predicted octanol–water partition coefficient (Wildman–Crippen LogP) is 5.21. The van der Waals surface area contributed by atoms with Gasteiger partial charge in [-0.15, -0.1) is 0 Å². The maximum absolute atomic E-state index is 13.4. The normalized spacial score (nSPS) is 15.6. The molecule has 1 aromatic heterocycles. The van der Waals surface area contributed by atoms with E-state index in [0.29, 0.717) is 22.3 Å². The Bertz CT molecular complexity index is 1110. The van der Waals surface area contributed by atoms with Gasteiger partial charge in [0.1, 0.15) is 0 Å². The largest absolute Gasteiger partial charge is 0.418 e. The predicted molar refractivity (Wildman–Crippen MR) is 119 cm³/mol. The topological polar surface area (TPSA) is 57.3 Å². The van der Waals surface area contributed by atoms with E-state index in [1.54, 1.807) is 36.4 Å². The van der Waals surface area contributed by atoms with Crippen LogP contribution < -0.4 is 10.6 Å². The number of nitrogens with zero attached hydrogens (tertiary/aromatic N) is 2. The average molecular weight is 442 g/mol. The molecule has 32 heavy (non-hydrogen) atoms. The Kier molecular flexibility index (Phi) is 6.32. The average Bonchev–Trinajstić information content (AvgIpc) is 2.79. The van der Waals surface area contributed by atoms with Crippen molar-refractivity contribution in [3.8, 4) is 0 Å². The molecule has 2 N–H and O–H groups in total. The second-order valence-electron chi connectivity index (χ2n) is 7.91. The van der Waals surface area contributed by atoms with Crippen LogP contribution in [-0.2, 0) is 6.18 Å². The maximum atomic E-state index is 13.4. The first-order valence-electron chi connectivity index (χ1n) is 10.7. The van der Waals surface area contributed by atoms with E-state index in [9.17, 15) is 18.0 Å². The molecule has 0 unspecified atom stereocenters. The number of hydrogen-bond donors (Lipinski definition) is 2. The highest BCUT2D eigenvalue weighted by atomic mass is 19.4. The molecule has 4 rings (SSSR count). The van der Waals surface area contributed by atoms with Crippen LogP contribution in [0.15, 0.2) is 54.7 Å². The number of hydrogen-bond acceptors (Lipinski definition) is 4. The van der Waals surface area contributed by atoms with E-state index in [-0.39, 0.29) is 17.5 Å². The molecule has 0 spiro atoms. The molecule has 2 aromatic carbocycles. The lowest BCUT2D eigenvalue weighted by molar-refractivity contribution is -0.136. The van der Waals surface area contributed by atoms with Crippen molar-refractivity contribution in [3.63, 3.8) is 0 Å². The number of anilines is 2. The number of halogens is 3. The van der Waals surface area contributed by atoms with Gasteiger partial charge in [-0.05, 0) is 43.7 Å². The smallest absolute Gasteiger partial charge is 0.354 e. The summed E-state index contributed by atoms with van der Waals surface area (Å²) >= 11 is 0. The summed E-state index contributed by atoms with van der Waals surface area (Å²) in [6.07, 6.45) is -1.38. The lowest BCUT2D eigenvalue weighted by Crippen LogP contribution is -2.44. The van der Waals surface area contributed by atoms with Crippen molar-refractivity contribution in [1.29, 1.82) is 0 Å². The van der Waals surface area contributed by atoms with E-state index in [0.717, 1.165) is 38.5 Å². The van der Waals surface area contributed by atoms with E-state index in [2.05, 4.69) is 27.4 Å². The summed E-state index contributed by atoms with van der Waals surface area (Å²) in [4.78, 5) is 19.3. The number of nitrogens with one attached hydrogen (secondary N) is 2. The summed E-state index contributed by atoms with van der Waals surface area (Å²) < 4.78 is 40.2. The number of para-hydroxylation sites is 2. The van der Waals surface area contributed by atoms with Crippen molar-refractivity contribution in [2.45, 2.75) is 32.0 Å².